The van der Waals surface area contributed by atoms with Crippen LogP contribution >= 0.6 is 0 Å². The highest BCUT2D eigenvalue weighted by molar-refractivity contribution is 5.68. The number of fused-ring (bicyclic) bond motifs is 1. The van der Waals surface area contributed by atoms with Gasteiger partial charge in [-0.05, 0) is 0 Å². The number of aromatic amines is 1. The van der Waals surface area contributed by atoms with Crippen LogP contribution in [0.2, 0.25) is 0 Å². The standard InChI is InChI=1S/C9H10N4O4/c14-1-6-16-2-5(17-6)13-4-12-8-7(13)9(15)11-3-10-8/h3-6,14H,1-2H2,(H,10,11,15)/t5-,6+/m0/s1. The average Bonchev–Trinajstić information content (AvgIpc) is 2.94. The molecule has 2 aromatic rings. The monoisotopic (exact) mass is 238 g/mol. The molecule has 0 aromatic carbocycles. The molecule has 8 nitrogen and oxygen atoms in total. The molecule has 1 aliphatic heterocycles. The predicted octanol–water partition coefficient (Wildman–Crippen LogP) is -1.02. The van der Waals surface area contributed by atoms with E-state index in [0.717, 1.165) is 0 Å². The van der Waals surface area contributed by atoms with E-state index in [9.17, 15) is 4.79 Å². The first-order chi connectivity index (χ1) is 8.29. The Morgan fingerprint density at radius 3 is 3.24 bits per heavy atom. The third-order valence-corrected chi connectivity index (χ3v) is 2.56. The molecule has 1 fully saturated rings. The third-order valence-electron chi connectivity index (χ3n) is 2.56. The number of H-pyrrole nitrogens is 1. The van der Waals surface area contributed by atoms with E-state index in [1.54, 1.807) is 4.57 Å². The van der Waals surface area contributed by atoms with Gasteiger partial charge in [-0.1, -0.05) is 0 Å². The number of imidazole rings is 1. The molecule has 90 valence electrons. The van der Waals surface area contributed by atoms with Crippen LogP contribution in [0.3, 0.4) is 0 Å². The number of nitrogens with one attached hydrogen (secondary N) is 1. The van der Waals surface area contributed by atoms with E-state index in [1.807, 2.05) is 0 Å². The van der Waals surface area contributed by atoms with Gasteiger partial charge in [-0.3, -0.25) is 9.36 Å². The van der Waals surface area contributed by atoms with Gasteiger partial charge in [0.1, 0.15) is 6.33 Å². The van der Waals surface area contributed by atoms with E-state index in [2.05, 4.69) is 15.0 Å². The summed E-state index contributed by atoms with van der Waals surface area (Å²) in [5, 5.41) is 8.89. The van der Waals surface area contributed by atoms with Crippen molar-refractivity contribution < 1.29 is 14.6 Å². The summed E-state index contributed by atoms with van der Waals surface area (Å²) in [4.78, 5) is 22.1. The van der Waals surface area contributed by atoms with Crippen molar-refractivity contribution in [2.24, 2.45) is 0 Å². The maximum atomic E-state index is 11.7. The Bertz CT molecular complexity index is 592. The minimum Gasteiger partial charge on any atom is -0.391 e. The van der Waals surface area contributed by atoms with E-state index in [4.69, 9.17) is 14.6 Å². The molecule has 0 aliphatic carbocycles. The van der Waals surface area contributed by atoms with Crippen LogP contribution in [-0.2, 0) is 9.47 Å². The zero-order chi connectivity index (χ0) is 11.8. The van der Waals surface area contributed by atoms with E-state index in [0.29, 0.717) is 11.2 Å². The second-order valence-electron chi connectivity index (χ2n) is 3.59. The summed E-state index contributed by atoms with van der Waals surface area (Å²) < 4.78 is 12.1. The fraction of sp³-hybridized carbons (Fsp3) is 0.444. The Morgan fingerprint density at radius 1 is 1.59 bits per heavy atom. The van der Waals surface area contributed by atoms with Crippen molar-refractivity contribution in [3.05, 3.63) is 23.0 Å². The maximum Gasteiger partial charge on any atom is 0.277 e. The molecule has 2 N–H and O–H groups in total. The van der Waals surface area contributed by atoms with Crippen LogP contribution in [0.4, 0.5) is 0 Å². The first-order valence-corrected chi connectivity index (χ1v) is 5.07. The number of hydrogen-bond acceptors (Lipinski definition) is 6. The van der Waals surface area contributed by atoms with Gasteiger partial charge < -0.3 is 19.6 Å². The molecule has 2 atom stereocenters. The lowest BCUT2D eigenvalue weighted by molar-refractivity contribution is -0.0980. The lowest BCUT2D eigenvalue weighted by Crippen LogP contribution is -2.18. The van der Waals surface area contributed by atoms with Gasteiger partial charge in [0, 0.05) is 0 Å². The van der Waals surface area contributed by atoms with Crippen LogP contribution in [0.1, 0.15) is 6.23 Å². The first-order valence-electron chi connectivity index (χ1n) is 5.07. The first kappa shape index (κ1) is 10.4. The van der Waals surface area contributed by atoms with Crippen molar-refractivity contribution in [3.8, 4) is 0 Å². The van der Waals surface area contributed by atoms with Gasteiger partial charge in [-0.15, -0.1) is 0 Å². The summed E-state index contributed by atoms with van der Waals surface area (Å²) in [6.07, 6.45) is 1.64. The van der Waals surface area contributed by atoms with Gasteiger partial charge in [0.15, 0.2) is 23.7 Å². The van der Waals surface area contributed by atoms with Crippen molar-refractivity contribution in [1.82, 2.24) is 19.5 Å². The Morgan fingerprint density at radius 2 is 2.47 bits per heavy atom. The number of hydrogen-bond donors (Lipinski definition) is 2. The van der Waals surface area contributed by atoms with Gasteiger partial charge in [-0.25, -0.2) is 9.97 Å². The fourth-order valence-corrected chi connectivity index (χ4v) is 1.79. The van der Waals surface area contributed by atoms with Gasteiger partial charge in [0.2, 0.25) is 0 Å². The highest BCUT2D eigenvalue weighted by atomic mass is 16.7. The lowest BCUT2D eigenvalue weighted by atomic mass is 10.5. The Kier molecular flexibility index (Phi) is 2.39. The smallest absolute Gasteiger partial charge is 0.277 e. The van der Waals surface area contributed by atoms with E-state index in [1.165, 1.54) is 12.7 Å². The molecular weight excluding hydrogens is 228 g/mol. The maximum absolute atomic E-state index is 11.7. The predicted molar refractivity (Wildman–Crippen MR) is 55.1 cm³/mol. The van der Waals surface area contributed by atoms with Gasteiger partial charge in [-0.2, -0.15) is 0 Å². The number of aromatic nitrogens is 4. The molecule has 0 unspecified atom stereocenters. The van der Waals surface area contributed by atoms with Gasteiger partial charge in [0.25, 0.3) is 5.56 Å². The number of ether oxygens (including phenoxy) is 2. The molecule has 17 heavy (non-hydrogen) atoms. The zero-order valence-corrected chi connectivity index (χ0v) is 8.74. The third kappa shape index (κ3) is 1.62. The second-order valence-corrected chi connectivity index (χ2v) is 3.59. The molecule has 0 spiro atoms. The number of aliphatic hydroxyl groups is 1. The summed E-state index contributed by atoms with van der Waals surface area (Å²) in [7, 11) is 0. The quantitative estimate of drug-likeness (QED) is 0.694. The van der Waals surface area contributed by atoms with Gasteiger partial charge >= 0.3 is 0 Å². The number of aliphatic hydroxyl groups excluding tert-OH is 1. The Hall–Kier alpha value is -1.77. The molecule has 8 heteroatoms. The minimum absolute atomic E-state index is 0.224. The molecule has 1 saturated heterocycles. The van der Waals surface area contributed by atoms with Crippen molar-refractivity contribution in [2.45, 2.75) is 12.5 Å². The minimum atomic E-state index is -0.659. The summed E-state index contributed by atoms with van der Waals surface area (Å²) in [5.41, 5.74) is 0.396. The van der Waals surface area contributed by atoms with Crippen molar-refractivity contribution >= 4 is 11.2 Å². The highest BCUT2D eigenvalue weighted by Crippen LogP contribution is 2.22. The summed E-state index contributed by atoms with van der Waals surface area (Å²) >= 11 is 0. The van der Waals surface area contributed by atoms with Crippen LogP contribution in [0.15, 0.2) is 17.4 Å². The molecule has 3 heterocycles. The van der Waals surface area contributed by atoms with Crippen molar-refractivity contribution in [2.75, 3.05) is 13.2 Å². The molecule has 0 radical (unpaired) electrons. The normalized spacial score (nSPS) is 24.5. The van der Waals surface area contributed by atoms with Crippen LogP contribution in [0.5, 0.6) is 0 Å². The fourth-order valence-electron chi connectivity index (χ4n) is 1.79. The molecule has 0 bridgehead atoms. The Balaban J connectivity index is 2.04. The van der Waals surface area contributed by atoms with Crippen molar-refractivity contribution in [3.63, 3.8) is 0 Å². The lowest BCUT2D eigenvalue weighted by Gasteiger charge is -2.10. The molecule has 2 aromatic heterocycles. The summed E-state index contributed by atoms with van der Waals surface area (Å²) in [6.45, 7) is 0.0305. The van der Waals surface area contributed by atoms with Crippen molar-refractivity contribution in [1.29, 1.82) is 0 Å². The second kappa shape index (κ2) is 3.91. The van der Waals surface area contributed by atoms with E-state index >= 15 is 0 Å². The average molecular weight is 238 g/mol. The molecule has 1 aliphatic rings. The van der Waals surface area contributed by atoms with E-state index in [-0.39, 0.29) is 18.8 Å². The van der Waals surface area contributed by atoms with Gasteiger partial charge in [0.05, 0.1) is 19.5 Å². The summed E-state index contributed by atoms with van der Waals surface area (Å²) in [5.74, 6) is 0. The largest absolute Gasteiger partial charge is 0.391 e. The molecule has 0 amide bonds. The molecular formula is C9H10N4O4. The highest BCUT2D eigenvalue weighted by Gasteiger charge is 2.28. The Labute approximate surface area is 94.8 Å². The molecule has 0 saturated carbocycles. The topological polar surface area (TPSA) is 102 Å². The SMILES string of the molecule is O=c1[nH]cnc2ncn([C@@H]3CO[C@@H](CO)O3)c12. The van der Waals surface area contributed by atoms with Crippen LogP contribution in [0, 0.1) is 0 Å². The van der Waals surface area contributed by atoms with E-state index < -0.39 is 12.5 Å². The van der Waals surface area contributed by atoms with Crippen LogP contribution in [0.25, 0.3) is 11.2 Å². The van der Waals surface area contributed by atoms with Crippen LogP contribution in [-0.4, -0.2) is 44.1 Å². The van der Waals surface area contributed by atoms with Crippen LogP contribution < -0.4 is 5.56 Å². The number of rotatable bonds is 2. The zero-order valence-electron chi connectivity index (χ0n) is 8.74. The summed E-state index contributed by atoms with van der Waals surface area (Å²) in [6, 6.07) is 0. The molecule has 3 rings (SSSR count). The number of nitrogens with zero attached hydrogens (tertiary/aromatic N) is 3.